The lowest BCUT2D eigenvalue weighted by atomic mass is 10.2. The Morgan fingerprint density at radius 2 is 1.83 bits per heavy atom. The van der Waals surface area contributed by atoms with Crippen LogP contribution in [0.4, 0.5) is 5.69 Å². The highest BCUT2D eigenvalue weighted by molar-refractivity contribution is 5.72. The number of nitrogens with zero attached hydrogens (tertiary/aromatic N) is 3. The van der Waals surface area contributed by atoms with Crippen LogP contribution in [0.25, 0.3) is 11.1 Å². The van der Waals surface area contributed by atoms with E-state index in [-0.39, 0.29) is 0 Å². The van der Waals surface area contributed by atoms with Gasteiger partial charge in [-0.1, -0.05) is 0 Å². The van der Waals surface area contributed by atoms with Crippen LogP contribution in [0.15, 0.2) is 53.1 Å². The fraction of sp³-hybridized carbons (Fsp3) is 0.278. The van der Waals surface area contributed by atoms with Crippen molar-refractivity contribution in [1.29, 1.82) is 0 Å². The molecule has 1 aliphatic rings. The van der Waals surface area contributed by atoms with Crippen LogP contribution in [0.5, 0.6) is 5.75 Å². The molecule has 0 radical (unpaired) electrons. The molecule has 0 unspecified atom stereocenters. The number of hydrogen-bond donors (Lipinski definition) is 1. The minimum atomic E-state index is 0.311. The summed E-state index contributed by atoms with van der Waals surface area (Å²) in [4.78, 5) is 9.05. The molecule has 0 atom stereocenters. The van der Waals surface area contributed by atoms with Crippen molar-refractivity contribution in [2.45, 2.75) is 6.54 Å². The molecule has 23 heavy (non-hydrogen) atoms. The molecule has 5 heteroatoms. The van der Waals surface area contributed by atoms with Gasteiger partial charge in [0.2, 0.25) is 0 Å². The molecule has 1 aromatic carbocycles. The zero-order valence-electron chi connectivity index (χ0n) is 12.9. The van der Waals surface area contributed by atoms with Gasteiger partial charge in [0.25, 0.3) is 0 Å². The predicted molar refractivity (Wildman–Crippen MR) is 89.6 cm³/mol. The van der Waals surface area contributed by atoms with Gasteiger partial charge < -0.3 is 14.4 Å². The summed E-state index contributed by atoms with van der Waals surface area (Å²) in [6.45, 7) is 4.75. The molecule has 4 rings (SSSR count). The van der Waals surface area contributed by atoms with Crippen molar-refractivity contribution in [2.75, 3.05) is 31.1 Å². The van der Waals surface area contributed by atoms with Crippen LogP contribution in [-0.4, -0.2) is 41.2 Å². The van der Waals surface area contributed by atoms with Gasteiger partial charge in [0, 0.05) is 44.1 Å². The van der Waals surface area contributed by atoms with E-state index in [1.807, 2.05) is 30.3 Å². The smallest absolute Gasteiger partial charge is 0.152 e. The quantitative estimate of drug-likeness (QED) is 0.806. The molecule has 1 N–H and O–H groups in total. The number of rotatable bonds is 3. The van der Waals surface area contributed by atoms with Gasteiger partial charge in [0.15, 0.2) is 5.58 Å². The monoisotopic (exact) mass is 309 g/mol. The lowest BCUT2D eigenvalue weighted by molar-refractivity contribution is 0.233. The molecule has 0 bridgehead atoms. The number of benzene rings is 1. The second-order valence-corrected chi connectivity index (χ2v) is 5.88. The normalized spacial score (nSPS) is 16.1. The van der Waals surface area contributed by atoms with Crippen LogP contribution in [0, 0.1) is 0 Å². The second kappa shape index (κ2) is 5.93. The van der Waals surface area contributed by atoms with Crippen molar-refractivity contribution in [1.82, 2.24) is 9.88 Å². The van der Waals surface area contributed by atoms with E-state index in [0.717, 1.165) is 55.3 Å². The van der Waals surface area contributed by atoms with Gasteiger partial charge in [0.1, 0.15) is 17.0 Å². The van der Waals surface area contributed by atoms with Crippen molar-refractivity contribution < 1.29 is 9.52 Å². The number of fused-ring (bicyclic) bond motifs is 1. The highest BCUT2D eigenvalue weighted by Gasteiger charge is 2.18. The SMILES string of the molecule is Oc1ccc(N2CCN(Cc3cc4ncccc4o3)CC2)cc1. The number of pyridine rings is 1. The summed E-state index contributed by atoms with van der Waals surface area (Å²) >= 11 is 0. The lowest BCUT2D eigenvalue weighted by Crippen LogP contribution is -2.45. The summed E-state index contributed by atoms with van der Waals surface area (Å²) < 4.78 is 5.85. The Bertz CT molecular complexity index is 756. The first kappa shape index (κ1) is 14.1. The summed E-state index contributed by atoms with van der Waals surface area (Å²) in [5.41, 5.74) is 2.94. The van der Waals surface area contributed by atoms with Gasteiger partial charge in [-0.05, 0) is 36.4 Å². The van der Waals surface area contributed by atoms with Crippen molar-refractivity contribution in [2.24, 2.45) is 0 Å². The molecular weight excluding hydrogens is 290 g/mol. The topological polar surface area (TPSA) is 52.7 Å². The molecule has 0 amide bonds. The molecule has 1 fully saturated rings. The molecule has 1 aliphatic heterocycles. The van der Waals surface area contributed by atoms with Crippen molar-refractivity contribution in [3.8, 4) is 5.75 Å². The van der Waals surface area contributed by atoms with Gasteiger partial charge in [-0.25, -0.2) is 0 Å². The van der Waals surface area contributed by atoms with Gasteiger partial charge in [-0.3, -0.25) is 9.88 Å². The Balaban J connectivity index is 1.38. The standard InChI is InChI=1S/C18H19N3O2/c22-15-5-3-14(4-6-15)21-10-8-20(9-11-21)13-16-12-17-18(23-16)2-1-7-19-17/h1-7,12,22H,8-11,13H2. The number of phenols is 1. The van der Waals surface area contributed by atoms with E-state index in [9.17, 15) is 5.11 Å². The summed E-state index contributed by atoms with van der Waals surface area (Å²) in [6, 6.07) is 13.3. The molecule has 0 aliphatic carbocycles. The maximum Gasteiger partial charge on any atom is 0.152 e. The van der Waals surface area contributed by atoms with E-state index in [4.69, 9.17) is 4.42 Å². The molecule has 0 saturated carbocycles. The van der Waals surface area contributed by atoms with Crippen LogP contribution in [0.1, 0.15) is 5.76 Å². The zero-order valence-corrected chi connectivity index (χ0v) is 12.9. The number of anilines is 1. The van der Waals surface area contributed by atoms with Crippen LogP contribution >= 0.6 is 0 Å². The second-order valence-electron chi connectivity index (χ2n) is 5.88. The number of piperazine rings is 1. The average Bonchev–Trinajstić information content (AvgIpc) is 2.98. The Hall–Kier alpha value is -2.53. The van der Waals surface area contributed by atoms with E-state index in [2.05, 4.69) is 14.8 Å². The van der Waals surface area contributed by atoms with Crippen molar-refractivity contribution in [3.05, 3.63) is 54.4 Å². The molecule has 3 aromatic rings. The molecule has 5 nitrogen and oxygen atoms in total. The highest BCUT2D eigenvalue weighted by atomic mass is 16.3. The molecular formula is C18H19N3O2. The van der Waals surface area contributed by atoms with Crippen LogP contribution < -0.4 is 4.90 Å². The maximum atomic E-state index is 9.38. The third kappa shape index (κ3) is 3.00. The first-order chi connectivity index (χ1) is 11.3. The molecule has 1 saturated heterocycles. The maximum absolute atomic E-state index is 9.38. The van der Waals surface area contributed by atoms with Gasteiger partial charge >= 0.3 is 0 Å². The Labute approximate surface area is 134 Å². The van der Waals surface area contributed by atoms with Crippen LogP contribution in [0.2, 0.25) is 0 Å². The summed E-state index contributed by atoms with van der Waals surface area (Å²) in [6.07, 6.45) is 1.79. The van der Waals surface area contributed by atoms with Crippen molar-refractivity contribution in [3.63, 3.8) is 0 Å². The fourth-order valence-corrected chi connectivity index (χ4v) is 3.05. The molecule has 0 spiro atoms. The minimum absolute atomic E-state index is 0.311. The van der Waals surface area contributed by atoms with Crippen LogP contribution in [-0.2, 0) is 6.54 Å². The van der Waals surface area contributed by atoms with E-state index in [0.29, 0.717) is 5.75 Å². The Morgan fingerprint density at radius 3 is 2.57 bits per heavy atom. The van der Waals surface area contributed by atoms with Crippen LogP contribution in [0.3, 0.4) is 0 Å². The molecule has 2 aromatic heterocycles. The highest BCUT2D eigenvalue weighted by Crippen LogP contribution is 2.22. The average molecular weight is 309 g/mol. The van der Waals surface area contributed by atoms with Gasteiger partial charge in [-0.2, -0.15) is 0 Å². The van der Waals surface area contributed by atoms with Gasteiger partial charge in [0.05, 0.1) is 6.54 Å². The Kier molecular flexibility index (Phi) is 3.63. The third-order valence-corrected chi connectivity index (χ3v) is 4.31. The zero-order chi connectivity index (χ0) is 15.6. The summed E-state index contributed by atoms with van der Waals surface area (Å²) in [7, 11) is 0. The van der Waals surface area contributed by atoms with Gasteiger partial charge in [-0.15, -0.1) is 0 Å². The third-order valence-electron chi connectivity index (χ3n) is 4.31. The predicted octanol–water partition coefficient (Wildman–Crippen LogP) is 2.86. The largest absolute Gasteiger partial charge is 0.508 e. The van der Waals surface area contributed by atoms with Crippen molar-refractivity contribution >= 4 is 16.8 Å². The van der Waals surface area contributed by atoms with E-state index < -0.39 is 0 Å². The first-order valence-electron chi connectivity index (χ1n) is 7.88. The molecule has 118 valence electrons. The van der Waals surface area contributed by atoms with E-state index in [1.54, 1.807) is 18.3 Å². The Morgan fingerprint density at radius 1 is 1.04 bits per heavy atom. The summed E-state index contributed by atoms with van der Waals surface area (Å²) in [5.74, 6) is 1.28. The number of aromatic nitrogens is 1. The lowest BCUT2D eigenvalue weighted by Gasteiger charge is -2.35. The number of aromatic hydroxyl groups is 1. The van der Waals surface area contributed by atoms with E-state index >= 15 is 0 Å². The number of phenolic OH excluding ortho intramolecular Hbond substituents is 1. The number of hydrogen-bond acceptors (Lipinski definition) is 5. The van der Waals surface area contributed by atoms with E-state index in [1.165, 1.54) is 0 Å². The molecule has 3 heterocycles. The number of furan rings is 1. The minimum Gasteiger partial charge on any atom is -0.508 e. The first-order valence-corrected chi connectivity index (χ1v) is 7.88. The fourth-order valence-electron chi connectivity index (χ4n) is 3.05. The summed E-state index contributed by atoms with van der Waals surface area (Å²) in [5, 5.41) is 9.38.